The average Bonchev–Trinajstić information content (AvgIpc) is 2.39. The Morgan fingerprint density at radius 1 is 1.35 bits per heavy atom. The fraction of sp³-hybridized carbons (Fsp3) is 0.625. The van der Waals surface area contributed by atoms with Crippen LogP contribution in [0.3, 0.4) is 0 Å². The minimum atomic E-state index is -0.565. The van der Waals surface area contributed by atoms with Crippen LogP contribution in [0, 0.1) is 5.92 Å². The largest absolute Gasteiger partial charge is 0.385 e. The second kappa shape index (κ2) is 5.22. The molecule has 1 saturated carbocycles. The van der Waals surface area contributed by atoms with Crippen molar-refractivity contribution in [3.05, 3.63) is 35.4 Å². The molecule has 0 aromatic heterocycles. The van der Waals surface area contributed by atoms with E-state index in [4.69, 9.17) is 0 Å². The summed E-state index contributed by atoms with van der Waals surface area (Å²) in [5.74, 6) is 0.694. The Morgan fingerprint density at radius 3 is 2.88 bits per heavy atom. The first-order valence-electron chi connectivity index (χ1n) is 6.99. The van der Waals surface area contributed by atoms with E-state index < -0.39 is 5.60 Å². The number of hydrogen-bond donors (Lipinski definition) is 1. The molecular weight excluding hydrogens is 208 g/mol. The summed E-state index contributed by atoms with van der Waals surface area (Å²) in [5, 5.41) is 10.9. The first-order chi connectivity index (χ1) is 8.18. The smallest absolute Gasteiger partial charge is 0.0899 e. The average molecular weight is 232 g/mol. The number of hydrogen-bond acceptors (Lipinski definition) is 1. The predicted octanol–water partition coefficient (Wildman–Crippen LogP) is 4.04. The summed E-state index contributed by atoms with van der Waals surface area (Å²) >= 11 is 0. The predicted molar refractivity (Wildman–Crippen MR) is 72.0 cm³/mol. The molecule has 1 fully saturated rings. The molecule has 0 saturated heterocycles. The molecule has 0 aliphatic heterocycles. The number of aryl methyl sites for hydroxylation is 1. The Hall–Kier alpha value is -0.820. The first-order valence-corrected chi connectivity index (χ1v) is 6.99. The first kappa shape index (κ1) is 12.6. The summed E-state index contributed by atoms with van der Waals surface area (Å²) in [6.45, 7) is 4.40. The van der Waals surface area contributed by atoms with Crippen LogP contribution in [0.25, 0.3) is 0 Å². The maximum atomic E-state index is 10.9. The molecule has 2 atom stereocenters. The summed E-state index contributed by atoms with van der Waals surface area (Å²) in [6.07, 6.45) is 6.54. The zero-order valence-electron chi connectivity index (χ0n) is 11.1. The van der Waals surface area contributed by atoms with E-state index in [9.17, 15) is 5.11 Å². The van der Waals surface area contributed by atoms with Gasteiger partial charge in [0.05, 0.1) is 5.60 Å². The van der Waals surface area contributed by atoms with E-state index in [2.05, 4.69) is 38.1 Å². The van der Waals surface area contributed by atoms with E-state index in [0.29, 0.717) is 5.92 Å². The lowest BCUT2D eigenvalue weighted by atomic mass is 9.73. The van der Waals surface area contributed by atoms with Crippen LogP contribution in [-0.2, 0) is 12.0 Å². The van der Waals surface area contributed by atoms with Gasteiger partial charge >= 0.3 is 0 Å². The van der Waals surface area contributed by atoms with Gasteiger partial charge in [-0.2, -0.15) is 0 Å². The zero-order chi connectivity index (χ0) is 12.3. The molecule has 0 bridgehead atoms. The van der Waals surface area contributed by atoms with E-state index >= 15 is 0 Å². The summed E-state index contributed by atoms with van der Waals surface area (Å²) in [6, 6.07) is 8.52. The molecule has 1 N–H and O–H groups in total. The lowest BCUT2D eigenvalue weighted by Gasteiger charge is -2.37. The van der Waals surface area contributed by atoms with Gasteiger partial charge in [-0.05, 0) is 42.7 Å². The van der Waals surface area contributed by atoms with Gasteiger partial charge < -0.3 is 5.11 Å². The highest BCUT2D eigenvalue weighted by Gasteiger charge is 2.35. The third-order valence-corrected chi connectivity index (χ3v) is 4.28. The fourth-order valence-corrected chi connectivity index (χ4v) is 3.06. The molecule has 1 heteroatoms. The number of aliphatic hydroxyl groups is 1. The monoisotopic (exact) mass is 232 g/mol. The molecule has 1 aliphatic rings. The van der Waals surface area contributed by atoms with Gasteiger partial charge in [-0.15, -0.1) is 0 Å². The number of benzene rings is 1. The van der Waals surface area contributed by atoms with Gasteiger partial charge in [-0.25, -0.2) is 0 Å². The molecule has 1 aromatic rings. The van der Waals surface area contributed by atoms with Crippen molar-refractivity contribution in [1.29, 1.82) is 0 Å². The molecule has 0 spiro atoms. The normalized spacial score (nSPS) is 29.2. The van der Waals surface area contributed by atoms with Crippen LogP contribution in [-0.4, -0.2) is 5.11 Å². The van der Waals surface area contributed by atoms with Crippen molar-refractivity contribution in [2.75, 3.05) is 0 Å². The number of rotatable bonds is 3. The van der Waals surface area contributed by atoms with E-state index in [-0.39, 0.29) is 0 Å². The highest BCUT2D eigenvalue weighted by Crippen LogP contribution is 2.41. The molecule has 94 valence electrons. The lowest BCUT2D eigenvalue weighted by molar-refractivity contribution is -0.0217. The highest BCUT2D eigenvalue weighted by atomic mass is 16.3. The third-order valence-electron chi connectivity index (χ3n) is 4.28. The molecule has 1 aliphatic carbocycles. The highest BCUT2D eigenvalue weighted by molar-refractivity contribution is 5.28. The van der Waals surface area contributed by atoms with Gasteiger partial charge in [0, 0.05) is 0 Å². The van der Waals surface area contributed by atoms with Crippen molar-refractivity contribution in [3.8, 4) is 0 Å². The van der Waals surface area contributed by atoms with Crippen LogP contribution in [0.2, 0.25) is 0 Å². The van der Waals surface area contributed by atoms with Crippen LogP contribution in [0.4, 0.5) is 0 Å². The lowest BCUT2D eigenvalue weighted by Crippen LogP contribution is -2.32. The topological polar surface area (TPSA) is 20.2 Å². The van der Waals surface area contributed by atoms with Gasteiger partial charge in [0.2, 0.25) is 0 Å². The summed E-state index contributed by atoms with van der Waals surface area (Å²) < 4.78 is 0. The Kier molecular flexibility index (Phi) is 3.88. The van der Waals surface area contributed by atoms with Crippen LogP contribution in [0.15, 0.2) is 24.3 Å². The second-order valence-corrected chi connectivity index (χ2v) is 5.46. The van der Waals surface area contributed by atoms with Gasteiger partial charge in [-0.1, -0.05) is 51.0 Å². The van der Waals surface area contributed by atoms with Crippen LogP contribution in [0.1, 0.15) is 57.1 Å². The zero-order valence-corrected chi connectivity index (χ0v) is 11.1. The molecular formula is C16H24O. The quantitative estimate of drug-likeness (QED) is 0.834. The van der Waals surface area contributed by atoms with Gasteiger partial charge in [0.25, 0.3) is 0 Å². The molecule has 0 amide bonds. The molecule has 1 nitrogen and oxygen atoms in total. The maximum absolute atomic E-state index is 10.9. The summed E-state index contributed by atoms with van der Waals surface area (Å²) in [7, 11) is 0. The van der Waals surface area contributed by atoms with E-state index in [1.165, 1.54) is 18.4 Å². The van der Waals surface area contributed by atoms with Crippen molar-refractivity contribution in [1.82, 2.24) is 0 Å². The van der Waals surface area contributed by atoms with Crippen LogP contribution in [0.5, 0.6) is 0 Å². The van der Waals surface area contributed by atoms with E-state index in [0.717, 1.165) is 31.2 Å². The molecule has 0 heterocycles. The molecule has 17 heavy (non-hydrogen) atoms. The van der Waals surface area contributed by atoms with Crippen LogP contribution < -0.4 is 0 Å². The van der Waals surface area contributed by atoms with Crippen molar-refractivity contribution >= 4 is 0 Å². The molecule has 0 radical (unpaired) electrons. The molecule has 2 rings (SSSR count). The minimum absolute atomic E-state index is 0.565. The second-order valence-electron chi connectivity index (χ2n) is 5.46. The van der Waals surface area contributed by atoms with Crippen LogP contribution >= 0.6 is 0 Å². The minimum Gasteiger partial charge on any atom is -0.385 e. The van der Waals surface area contributed by atoms with Gasteiger partial charge in [-0.3, -0.25) is 0 Å². The molecule has 2 unspecified atom stereocenters. The van der Waals surface area contributed by atoms with Crippen molar-refractivity contribution < 1.29 is 5.11 Å². The Balaban J connectivity index is 2.23. The van der Waals surface area contributed by atoms with Crippen molar-refractivity contribution in [2.24, 2.45) is 5.92 Å². The third kappa shape index (κ3) is 2.71. The van der Waals surface area contributed by atoms with Gasteiger partial charge in [0.1, 0.15) is 0 Å². The Bertz CT molecular complexity index is 372. The Morgan fingerprint density at radius 2 is 2.18 bits per heavy atom. The Labute approximate surface area is 105 Å². The van der Waals surface area contributed by atoms with E-state index in [1.54, 1.807) is 0 Å². The SMILES string of the molecule is CCc1cccc(C2(O)CCCC(CC)C2)c1. The summed E-state index contributed by atoms with van der Waals surface area (Å²) in [5.41, 5.74) is 1.90. The standard InChI is InChI=1S/C16H24O/c1-3-13-7-5-9-15(11-13)16(17)10-6-8-14(4-2)12-16/h5,7,9,11,14,17H,3-4,6,8,10,12H2,1-2H3. The van der Waals surface area contributed by atoms with Crippen molar-refractivity contribution in [2.45, 2.75) is 58.0 Å². The van der Waals surface area contributed by atoms with Gasteiger partial charge in [0.15, 0.2) is 0 Å². The molecule has 1 aromatic carbocycles. The fourth-order valence-electron chi connectivity index (χ4n) is 3.06. The van der Waals surface area contributed by atoms with E-state index in [1.807, 2.05) is 0 Å². The maximum Gasteiger partial charge on any atom is 0.0899 e. The van der Waals surface area contributed by atoms with Crippen molar-refractivity contribution in [3.63, 3.8) is 0 Å². The summed E-state index contributed by atoms with van der Waals surface area (Å²) in [4.78, 5) is 0.